The fourth-order valence-electron chi connectivity index (χ4n) is 2.94. The van der Waals surface area contributed by atoms with E-state index in [1.54, 1.807) is 7.11 Å². The van der Waals surface area contributed by atoms with Gasteiger partial charge in [-0.05, 0) is 37.6 Å². The lowest BCUT2D eigenvalue weighted by Gasteiger charge is -2.30. The van der Waals surface area contributed by atoms with E-state index in [2.05, 4.69) is 16.1 Å². The van der Waals surface area contributed by atoms with Gasteiger partial charge in [-0.1, -0.05) is 12.1 Å². The molecule has 1 aliphatic heterocycles. The number of nitrogens with two attached hydrogens (primary N) is 1. The van der Waals surface area contributed by atoms with Gasteiger partial charge in [0.05, 0.1) is 12.8 Å². The highest BCUT2D eigenvalue weighted by Gasteiger charge is 2.19. The molecule has 2 N–H and O–H groups in total. The molecule has 0 amide bonds. The van der Waals surface area contributed by atoms with Gasteiger partial charge < -0.3 is 10.5 Å². The summed E-state index contributed by atoms with van der Waals surface area (Å²) in [7, 11) is 1.69. The third-order valence-corrected chi connectivity index (χ3v) is 3.96. The van der Waals surface area contributed by atoms with Crippen molar-refractivity contribution >= 4 is 0 Å². The van der Waals surface area contributed by atoms with Crippen molar-refractivity contribution in [2.75, 3.05) is 20.2 Å². The van der Waals surface area contributed by atoms with Gasteiger partial charge in [0.2, 0.25) is 0 Å². The van der Waals surface area contributed by atoms with Crippen molar-refractivity contribution in [1.82, 2.24) is 14.7 Å². The minimum atomic E-state index is 0.293. The maximum atomic E-state index is 6.06. The molecule has 2 aromatic rings. The van der Waals surface area contributed by atoms with E-state index in [0.29, 0.717) is 6.04 Å². The normalized spacial score (nSPS) is 19.6. The van der Waals surface area contributed by atoms with Crippen LogP contribution in [0.4, 0.5) is 0 Å². The fraction of sp³-hybridized carbons (Fsp3) is 0.438. The summed E-state index contributed by atoms with van der Waals surface area (Å²) in [5, 5.41) is 4.46. The Kier molecular flexibility index (Phi) is 4.22. The molecular formula is C16H22N4O. The van der Waals surface area contributed by atoms with Gasteiger partial charge in [-0.25, -0.2) is 4.68 Å². The van der Waals surface area contributed by atoms with E-state index in [4.69, 9.17) is 10.5 Å². The van der Waals surface area contributed by atoms with Crippen LogP contribution >= 0.6 is 0 Å². The van der Waals surface area contributed by atoms with Crippen LogP contribution in [0.1, 0.15) is 18.5 Å². The van der Waals surface area contributed by atoms with Crippen LogP contribution in [0.15, 0.2) is 36.5 Å². The highest BCUT2D eigenvalue weighted by atomic mass is 16.5. The smallest absolute Gasteiger partial charge is 0.144 e. The van der Waals surface area contributed by atoms with Crippen LogP contribution in [0, 0.1) is 0 Å². The Morgan fingerprint density at radius 1 is 1.33 bits per heavy atom. The molecule has 0 aliphatic carbocycles. The van der Waals surface area contributed by atoms with Crippen molar-refractivity contribution in [3.8, 4) is 11.4 Å². The fourth-order valence-corrected chi connectivity index (χ4v) is 2.94. The molecule has 0 radical (unpaired) electrons. The number of hydrogen-bond acceptors (Lipinski definition) is 4. The van der Waals surface area contributed by atoms with Crippen molar-refractivity contribution < 1.29 is 4.74 Å². The van der Waals surface area contributed by atoms with E-state index in [0.717, 1.165) is 43.2 Å². The largest absolute Gasteiger partial charge is 0.494 e. The monoisotopic (exact) mass is 286 g/mol. The van der Waals surface area contributed by atoms with Crippen LogP contribution in [-0.2, 0) is 6.54 Å². The zero-order chi connectivity index (χ0) is 14.7. The molecule has 1 aromatic heterocycles. The summed E-state index contributed by atoms with van der Waals surface area (Å²) in [4.78, 5) is 2.40. The number of para-hydroxylation sites is 2. The minimum absolute atomic E-state index is 0.293. The van der Waals surface area contributed by atoms with Crippen molar-refractivity contribution in [3.05, 3.63) is 42.2 Å². The van der Waals surface area contributed by atoms with Gasteiger partial charge in [-0.3, -0.25) is 4.90 Å². The number of hydrogen-bond donors (Lipinski definition) is 1. The minimum Gasteiger partial charge on any atom is -0.494 e. The highest BCUT2D eigenvalue weighted by molar-refractivity contribution is 5.46. The average molecular weight is 286 g/mol. The number of benzene rings is 1. The molecule has 3 rings (SSSR count). The zero-order valence-electron chi connectivity index (χ0n) is 12.4. The van der Waals surface area contributed by atoms with Gasteiger partial charge >= 0.3 is 0 Å². The Balaban J connectivity index is 1.83. The Bertz CT molecular complexity index is 595. The summed E-state index contributed by atoms with van der Waals surface area (Å²) in [6.07, 6.45) is 4.14. The van der Waals surface area contributed by atoms with E-state index < -0.39 is 0 Å². The van der Waals surface area contributed by atoms with E-state index >= 15 is 0 Å². The third-order valence-electron chi connectivity index (χ3n) is 3.96. The summed E-state index contributed by atoms with van der Waals surface area (Å²) in [6, 6.07) is 10.3. The summed E-state index contributed by atoms with van der Waals surface area (Å²) in [5.41, 5.74) is 8.20. The van der Waals surface area contributed by atoms with Gasteiger partial charge in [0.25, 0.3) is 0 Å². The van der Waals surface area contributed by atoms with Crippen LogP contribution in [0.5, 0.6) is 5.75 Å². The molecule has 1 aromatic carbocycles. The Morgan fingerprint density at radius 2 is 2.19 bits per heavy atom. The molecule has 1 atom stereocenters. The first-order valence-corrected chi connectivity index (χ1v) is 7.42. The maximum absolute atomic E-state index is 6.06. The number of aromatic nitrogens is 2. The molecule has 5 nitrogen and oxygen atoms in total. The van der Waals surface area contributed by atoms with Crippen LogP contribution in [-0.4, -0.2) is 40.9 Å². The molecule has 2 heterocycles. The highest BCUT2D eigenvalue weighted by Crippen LogP contribution is 2.23. The molecule has 112 valence electrons. The number of likely N-dealkylation sites (tertiary alicyclic amines) is 1. The first-order valence-electron chi connectivity index (χ1n) is 7.42. The first-order chi connectivity index (χ1) is 10.3. The second kappa shape index (κ2) is 6.28. The number of nitrogens with zero attached hydrogens (tertiary/aromatic N) is 3. The number of piperidine rings is 1. The van der Waals surface area contributed by atoms with Gasteiger partial charge in [0.15, 0.2) is 0 Å². The molecule has 5 heteroatoms. The molecule has 0 saturated carbocycles. The van der Waals surface area contributed by atoms with Crippen molar-refractivity contribution in [3.63, 3.8) is 0 Å². The van der Waals surface area contributed by atoms with Crippen molar-refractivity contribution in [1.29, 1.82) is 0 Å². The van der Waals surface area contributed by atoms with Crippen LogP contribution in [0.25, 0.3) is 5.69 Å². The second-order valence-electron chi connectivity index (χ2n) is 5.54. The SMILES string of the molecule is COc1ccccc1-n1nccc1CN1CCCC(N)C1. The Labute approximate surface area is 125 Å². The quantitative estimate of drug-likeness (QED) is 0.931. The number of methoxy groups -OCH3 is 1. The van der Waals surface area contributed by atoms with Gasteiger partial charge in [0.1, 0.15) is 11.4 Å². The van der Waals surface area contributed by atoms with Crippen molar-refractivity contribution in [2.45, 2.75) is 25.4 Å². The molecule has 1 unspecified atom stereocenters. The molecule has 0 bridgehead atoms. The van der Waals surface area contributed by atoms with E-state index in [1.807, 2.05) is 35.1 Å². The zero-order valence-corrected chi connectivity index (χ0v) is 12.4. The molecule has 1 saturated heterocycles. The number of ether oxygens (including phenoxy) is 1. The third kappa shape index (κ3) is 3.09. The molecule has 1 fully saturated rings. The standard InChI is InChI=1S/C16H22N4O/c1-21-16-7-3-2-6-15(16)20-14(8-9-18-20)12-19-10-4-5-13(17)11-19/h2-3,6-9,13H,4-5,10-12,17H2,1H3. The summed E-state index contributed by atoms with van der Waals surface area (Å²) < 4.78 is 7.39. The Morgan fingerprint density at radius 3 is 3.00 bits per heavy atom. The summed E-state index contributed by atoms with van der Waals surface area (Å²) in [6.45, 7) is 2.92. The molecular weight excluding hydrogens is 264 g/mol. The van der Waals surface area contributed by atoms with Crippen LogP contribution in [0.2, 0.25) is 0 Å². The second-order valence-corrected chi connectivity index (χ2v) is 5.54. The Hall–Kier alpha value is -1.85. The summed E-state index contributed by atoms with van der Waals surface area (Å²) in [5.74, 6) is 0.831. The molecule has 21 heavy (non-hydrogen) atoms. The molecule has 0 spiro atoms. The van der Waals surface area contributed by atoms with E-state index in [-0.39, 0.29) is 0 Å². The van der Waals surface area contributed by atoms with Crippen molar-refractivity contribution in [2.24, 2.45) is 5.73 Å². The topological polar surface area (TPSA) is 56.3 Å². The van der Waals surface area contributed by atoms with Crippen LogP contribution in [0.3, 0.4) is 0 Å². The predicted molar refractivity (Wildman–Crippen MR) is 82.6 cm³/mol. The number of rotatable bonds is 4. The lowest BCUT2D eigenvalue weighted by molar-refractivity contribution is 0.198. The average Bonchev–Trinajstić information content (AvgIpc) is 2.95. The van der Waals surface area contributed by atoms with Gasteiger partial charge in [-0.15, -0.1) is 0 Å². The molecule has 1 aliphatic rings. The lowest BCUT2D eigenvalue weighted by atomic mass is 10.1. The lowest BCUT2D eigenvalue weighted by Crippen LogP contribution is -2.42. The van der Waals surface area contributed by atoms with Gasteiger partial charge in [-0.2, -0.15) is 5.10 Å². The first kappa shape index (κ1) is 14.1. The maximum Gasteiger partial charge on any atom is 0.144 e. The van der Waals surface area contributed by atoms with Gasteiger partial charge in [0, 0.05) is 25.3 Å². The summed E-state index contributed by atoms with van der Waals surface area (Å²) >= 11 is 0. The van der Waals surface area contributed by atoms with E-state index in [9.17, 15) is 0 Å². The van der Waals surface area contributed by atoms with Crippen LogP contribution < -0.4 is 10.5 Å². The van der Waals surface area contributed by atoms with E-state index in [1.165, 1.54) is 6.42 Å². The predicted octanol–water partition coefficient (Wildman–Crippen LogP) is 1.80.